The van der Waals surface area contributed by atoms with Gasteiger partial charge in [-0.25, -0.2) is 4.98 Å². The van der Waals surface area contributed by atoms with Crippen molar-refractivity contribution in [2.75, 3.05) is 29.5 Å². The van der Waals surface area contributed by atoms with Gasteiger partial charge in [0.2, 0.25) is 5.89 Å². The second-order valence-electron chi connectivity index (χ2n) is 4.95. The van der Waals surface area contributed by atoms with E-state index in [9.17, 15) is 0 Å². The van der Waals surface area contributed by atoms with E-state index >= 15 is 0 Å². The zero-order valence-corrected chi connectivity index (χ0v) is 11.3. The molecular formula is C12H15N5OS. The molecule has 1 aliphatic carbocycles. The number of aromatic nitrogens is 4. The molecule has 0 spiro atoms. The maximum Gasteiger partial charge on any atom is 0.275 e. The molecule has 1 saturated heterocycles. The zero-order valence-electron chi connectivity index (χ0n) is 10.5. The number of rotatable bonds is 3. The SMILES string of the molecule is c1nc(N2CCSCC2)cn1-c1noc(C2CC2)n1. The topological polar surface area (TPSA) is 60.0 Å². The van der Waals surface area contributed by atoms with Crippen LogP contribution in [-0.4, -0.2) is 44.3 Å². The molecule has 0 N–H and O–H groups in total. The Morgan fingerprint density at radius 1 is 1.26 bits per heavy atom. The fourth-order valence-electron chi connectivity index (χ4n) is 2.21. The van der Waals surface area contributed by atoms with Gasteiger partial charge in [-0.1, -0.05) is 0 Å². The van der Waals surface area contributed by atoms with Crippen LogP contribution in [0.3, 0.4) is 0 Å². The highest BCUT2D eigenvalue weighted by atomic mass is 32.2. The third-order valence-corrected chi connectivity index (χ3v) is 4.44. The van der Waals surface area contributed by atoms with Crippen molar-refractivity contribution in [3.05, 3.63) is 18.4 Å². The third kappa shape index (κ3) is 2.22. The van der Waals surface area contributed by atoms with Crippen molar-refractivity contribution in [3.63, 3.8) is 0 Å². The number of imidazole rings is 1. The Bertz CT molecular complexity index is 570. The molecular weight excluding hydrogens is 262 g/mol. The largest absolute Gasteiger partial charge is 0.354 e. The molecule has 0 unspecified atom stereocenters. The van der Waals surface area contributed by atoms with Crippen LogP contribution in [0.15, 0.2) is 17.0 Å². The van der Waals surface area contributed by atoms with Gasteiger partial charge >= 0.3 is 0 Å². The Balaban J connectivity index is 1.55. The van der Waals surface area contributed by atoms with Gasteiger partial charge in [0.1, 0.15) is 12.1 Å². The Kier molecular flexibility index (Phi) is 2.72. The van der Waals surface area contributed by atoms with Crippen LogP contribution in [0.1, 0.15) is 24.7 Å². The van der Waals surface area contributed by atoms with Crippen LogP contribution in [0.5, 0.6) is 0 Å². The minimum absolute atomic E-state index is 0.489. The monoisotopic (exact) mass is 277 g/mol. The summed E-state index contributed by atoms with van der Waals surface area (Å²) in [5, 5.41) is 4.02. The first-order valence-electron chi connectivity index (χ1n) is 6.61. The lowest BCUT2D eigenvalue weighted by Gasteiger charge is -2.25. The number of thioether (sulfide) groups is 1. The molecule has 0 atom stereocenters. The molecule has 1 saturated carbocycles. The summed E-state index contributed by atoms with van der Waals surface area (Å²) >= 11 is 1.99. The smallest absolute Gasteiger partial charge is 0.275 e. The molecule has 3 heterocycles. The molecule has 6 nitrogen and oxygen atoms in total. The lowest BCUT2D eigenvalue weighted by molar-refractivity contribution is 0.377. The summed E-state index contributed by atoms with van der Waals surface area (Å²) in [5.41, 5.74) is 0. The molecule has 7 heteroatoms. The zero-order chi connectivity index (χ0) is 12.7. The third-order valence-electron chi connectivity index (χ3n) is 3.49. The fourth-order valence-corrected chi connectivity index (χ4v) is 3.11. The van der Waals surface area contributed by atoms with Crippen LogP contribution in [0.25, 0.3) is 5.95 Å². The molecule has 2 aromatic rings. The molecule has 0 aromatic carbocycles. The highest BCUT2D eigenvalue weighted by Crippen LogP contribution is 2.39. The van der Waals surface area contributed by atoms with Crippen molar-refractivity contribution in [1.82, 2.24) is 19.7 Å². The van der Waals surface area contributed by atoms with Gasteiger partial charge in [0, 0.05) is 30.5 Å². The van der Waals surface area contributed by atoms with Gasteiger partial charge in [-0.2, -0.15) is 16.7 Å². The Labute approximate surface area is 115 Å². The van der Waals surface area contributed by atoms with Crippen LogP contribution in [0.2, 0.25) is 0 Å². The van der Waals surface area contributed by atoms with Crippen LogP contribution in [0, 0.1) is 0 Å². The molecule has 4 rings (SSSR count). The van der Waals surface area contributed by atoms with Crippen molar-refractivity contribution in [1.29, 1.82) is 0 Å². The van der Waals surface area contributed by atoms with Crippen LogP contribution < -0.4 is 4.90 Å². The number of hydrogen-bond donors (Lipinski definition) is 0. The first-order chi connectivity index (χ1) is 9.40. The fraction of sp³-hybridized carbons (Fsp3) is 0.583. The highest BCUT2D eigenvalue weighted by Gasteiger charge is 2.30. The standard InChI is InChI=1S/C12H15N5OS/c1-2-9(1)11-14-12(15-18-11)17-7-10(13-8-17)16-3-5-19-6-4-16/h7-9H,1-6H2. The average Bonchev–Trinajstić information content (AvgIpc) is 3.01. The van der Waals surface area contributed by atoms with E-state index < -0.39 is 0 Å². The van der Waals surface area contributed by atoms with E-state index in [0.29, 0.717) is 11.9 Å². The van der Waals surface area contributed by atoms with Gasteiger partial charge in [0.25, 0.3) is 5.95 Å². The summed E-state index contributed by atoms with van der Waals surface area (Å²) < 4.78 is 7.11. The summed E-state index contributed by atoms with van der Waals surface area (Å²) in [6, 6.07) is 0. The summed E-state index contributed by atoms with van der Waals surface area (Å²) in [7, 11) is 0. The number of hydrogen-bond acceptors (Lipinski definition) is 6. The maximum atomic E-state index is 5.27. The minimum Gasteiger partial charge on any atom is -0.354 e. The normalized spacial score (nSPS) is 19.9. The van der Waals surface area contributed by atoms with Gasteiger partial charge < -0.3 is 9.42 Å². The molecule has 2 fully saturated rings. The maximum absolute atomic E-state index is 5.27. The Morgan fingerprint density at radius 2 is 2.11 bits per heavy atom. The van der Waals surface area contributed by atoms with E-state index in [1.54, 1.807) is 6.33 Å². The molecule has 2 aliphatic rings. The second-order valence-corrected chi connectivity index (χ2v) is 6.17. The predicted molar refractivity (Wildman–Crippen MR) is 72.9 cm³/mol. The second kappa shape index (κ2) is 4.56. The molecule has 0 bridgehead atoms. The van der Waals surface area contributed by atoms with E-state index in [0.717, 1.165) is 24.8 Å². The van der Waals surface area contributed by atoms with E-state index in [4.69, 9.17) is 4.52 Å². The van der Waals surface area contributed by atoms with Crippen molar-refractivity contribution < 1.29 is 4.52 Å². The lowest BCUT2D eigenvalue weighted by Crippen LogP contribution is -2.32. The molecule has 2 aromatic heterocycles. The van der Waals surface area contributed by atoms with Gasteiger partial charge in [0.15, 0.2) is 0 Å². The predicted octanol–water partition coefficient (Wildman–Crippen LogP) is 1.69. The summed E-state index contributed by atoms with van der Waals surface area (Å²) in [4.78, 5) is 11.2. The summed E-state index contributed by atoms with van der Waals surface area (Å²) in [6.45, 7) is 2.11. The molecule has 0 amide bonds. The first-order valence-corrected chi connectivity index (χ1v) is 7.76. The van der Waals surface area contributed by atoms with E-state index in [-0.39, 0.29) is 0 Å². The van der Waals surface area contributed by atoms with Crippen LogP contribution >= 0.6 is 11.8 Å². The minimum atomic E-state index is 0.489. The summed E-state index contributed by atoms with van der Waals surface area (Å²) in [6.07, 6.45) is 6.08. The number of anilines is 1. The quantitative estimate of drug-likeness (QED) is 0.851. The molecule has 100 valence electrons. The highest BCUT2D eigenvalue weighted by molar-refractivity contribution is 7.99. The van der Waals surface area contributed by atoms with Crippen molar-refractivity contribution in [2.24, 2.45) is 0 Å². The van der Waals surface area contributed by atoms with Crippen molar-refractivity contribution >= 4 is 17.6 Å². The van der Waals surface area contributed by atoms with E-state index in [1.807, 2.05) is 22.5 Å². The van der Waals surface area contributed by atoms with Gasteiger partial charge in [0.05, 0.1) is 6.20 Å². The lowest BCUT2D eigenvalue weighted by atomic mass is 10.4. The Hall–Kier alpha value is -1.50. The molecule has 19 heavy (non-hydrogen) atoms. The average molecular weight is 277 g/mol. The van der Waals surface area contributed by atoms with Gasteiger partial charge in [-0.3, -0.25) is 4.57 Å². The molecule has 0 radical (unpaired) electrons. The number of nitrogens with zero attached hydrogens (tertiary/aromatic N) is 5. The van der Waals surface area contributed by atoms with Crippen molar-refractivity contribution in [3.8, 4) is 5.95 Å². The van der Waals surface area contributed by atoms with Gasteiger partial charge in [-0.15, -0.1) is 0 Å². The molecule has 1 aliphatic heterocycles. The van der Waals surface area contributed by atoms with Crippen LogP contribution in [0.4, 0.5) is 5.82 Å². The van der Waals surface area contributed by atoms with Crippen molar-refractivity contribution in [2.45, 2.75) is 18.8 Å². The first kappa shape index (κ1) is 11.3. The van der Waals surface area contributed by atoms with Gasteiger partial charge in [-0.05, 0) is 18.0 Å². The Morgan fingerprint density at radius 3 is 2.89 bits per heavy atom. The summed E-state index contributed by atoms with van der Waals surface area (Å²) in [5.74, 6) is 5.18. The van der Waals surface area contributed by atoms with E-state index in [2.05, 4.69) is 20.0 Å². The van der Waals surface area contributed by atoms with Crippen LogP contribution in [-0.2, 0) is 0 Å². The van der Waals surface area contributed by atoms with E-state index in [1.165, 1.54) is 24.3 Å².